The molecule has 0 saturated carbocycles. The summed E-state index contributed by atoms with van der Waals surface area (Å²) in [5.74, 6) is -0.0301. The minimum absolute atomic E-state index is 0.0301. The van der Waals surface area contributed by atoms with Gasteiger partial charge in [0.15, 0.2) is 0 Å². The maximum Gasteiger partial charge on any atom is 0.320 e. The number of hydrogen-bond acceptors (Lipinski definition) is 3. The molecule has 1 aromatic carbocycles. The molecule has 0 spiro atoms. The summed E-state index contributed by atoms with van der Waals surface area (Å²) in [6, 6.07) is 9.55. The number of nitrogens with one attached hydrogen (secondary N) is 2. The lowest BCUT2D eigenvalue weighted by atomic mass is 10.0. The van der Waals surface area contributed by atoms with Crippen molar-refractivity contribution in [3.63, 3.8) is 0 Å². The van der Waals surface area contributed by atoms with E-state index in [0.29, 0.717) is 18.7 Å². The molecule has 124 valence electrons. The zero-order chi connectivity index (χ0) is 16.1. The fraction of sp³-hybridized carbons (Fsp3) is 0.529. The van der Waals surface area contributed by atoms with E-state index in [1.807, 2.05) is 40.1 Å². The Hall–Kier alpha value is -2.08. The van der Waals surface area contributed by atoms with E-state index in [1.165, 1.54) is 0 Å². The van der Waals surface area contributed by atoms with Crippen LogP contribution in [0.4, 0.5) is 4.79 Å². The number of rotatable bonds is 2. The number of piperidine rings is 1. The molecule has 6 nitrogen and oxygen atoms in total. The average Bonchev–Trinajstić information content (AvgIpc) is 2.63. The highest BCUT2D eigenvalue weighted by atomic mass is 16.2. The van der Waals surface area contributed by atoms with Crippen LogP contribution < -0.4 is 10.6 Å². The first-order valence-corrected chi connectivity index (χ1v) is 8.34. The number of carbonyl (C=O) groups excluding carboxylic acids is 2. The summed E-state index contributed by atoms with van der Waals surface area (Å²) in [6.45, 7) is 4.72. The lowest BCUT2D eigenvalue weighted by molar-refractivity contribution is 0.0909. The van der Waals surface area contributed by atoms with Crippen molar-refractivity contribution in [3.05, 3.63) is 35.9 Å². The van der Waals surface area contributed by atoms with E-state index in [4.69, 9.17) is 0 Å². The maximum atomic E-state index is 12.4. The van der Waals surface area contributed by atoms with E-state index >= 15 is 0 Å². The number of benzene rings is 1. The number of piperazine rings is 1. The molecule has 1 aromatic rings. The van der Waals surface area contributed by atoms with Gasteiger partial charge >= 0.3 is 6.03 Å². The molecule has 2 heterocycles. The van der Waals surface area contributed by atoms with E-state index < -0.39 is 0 Å². The van der Waals surface area contributed by atoms with Crippen LogP contribution >= 0.6 is 0 Å². The first-order chi connectivity index (χ1) is 11.2. The lowest BCUT2D eigenvalue weighted by Gasteiger charge is -2.37. The summed E-state index contributed by atoms with van der Waals surface area (Å²) in [5, 5.41) is 6.33. The summed E-state index contributed by atoms with van der Waals surface area (Å²) in [6.07, 6.45) is 1.63. The van der Waals surface area contributed by atoms with Crippen molar-refractivity contribution < 1.29 is 9.59 Å². The topological polar surface area (TPSA) is 64.7 Å². The SMILES string of the molecule is O=C(NC1CCN(C(=O)N2CCNCC2)CC1)c1ccccc1. The van der Waals surface area contributed by atoms with E-state index in [1.54, 1.807) is 0 Å². The van der Waals surface area contributed by atoms with Gasteiger partial charge in [0.2, 0.25) is 0 Å². The van der Waals surface area contributed by atoms with E-state index in [0.717, 1.165) is 39.0 Å². The highest BCUT2D eigenvalue weighted by Crippen LogP contribution is 2.13. The van der Waals surface area contributed by atoms with Gasteiger partial charge in [-0.05, 0) is 25.0 Å². The summed E-state index contributed by atoms with van der Waals surface area (Å²) < 4.78 is 0. The summed E-state index contributed by atoms with van der Waals surface area (Å²) >= 11 is 0. The van der Waals surface area contributed by atoms with Crippen molar-refractivity contribution in [3.8, 4) is 0 Å². The monoisotopic (exact) mass is 316 g/mol. The molecule has 2 fully saturated rings. The van der Waals surface area contributed by atoms with Gasteiger partial charge in [0.25, 0.3) is 5.91 Å². The molecule has 0 bridgehead atoms. The van der Waals surface area contributed by atoms with Gasteiger partial charge in [-0.15, -0.1) is 0 Å². The lowest BCUT2D eigenvalue weighted by Crippen LogP contribution is -2.54. The Labute approximate surface area is 136 Å². The summed E-state index contributed by atoms with van der Waals surface area (Å²) in [5.41, 5.74) is 0.687. The van der Waals surface area contributed by atoms with Crippen LogP contribution in [-0.2, 0) is 0 Å². The Bertz CT molecular complexity index is 535. The molecule has 2 aliphatic heterocycles. The maximum absolute atomic E-state index is 12.4. The van der Waals surface area contributed by atoms with Gasteiger partial charge in [0, 0.05) is 50.9 Å². The molecule has 23 heavy (non-hydrogen) atoms. The molecule has 3 amide bonds. The van der Waals surface area contributed by atoms with E-state index in [9.17, 15) is 9.59 Å². The van der Waals surface area contributed by atoms with Gasteiger partial charge in [-0.1, -0.05) is 18.2 Å². The van der Waals surface area contributed by atoms with Crippen LogP contribution in [0.1, 0.15) is 23.2 Å². The number of urea groups is 1. The molecule has 0 aromatic heterocycles. The second-order valence-corrected chi connectivity index (χ2v) is 6.12. The molecular weight excluding hydrogens is 292 g/mol. The highest BCUT2D eigenvalue weighted by molar-refractivity contribution is 5.94. The number of nitrogens with zero attached hydrogens (tertiary/aromatic N) is 2. The number of likely N-dealkylation sites (tertiary alicyclic amines) is 1. The first kappa shape index (κ1) is 15.8. The third-order valence-corrected chi connectivity index (χ3v) is 4.52. The van der Waals surface area contributed by atoms with Crippen molar-refractivity contribution in [1.82, 2.24) is 20.4 Å². The second kappa shape index (κ2) is 7.46. The largest absolute Gasteiger partial charge is 0.349 e. The number of hydrogen-bond donors (Lipinski definition) is 2. The molecule has 0 aliphatic carbocycles. The van der Waals surface area contributed by atoms with Gasteiger partial charge in [-0.3, -0.25) is 4.79 Å². The fourth-order valence-corrected chi connectivity index (χ4v) is 3.13. The van der Waals surface area contributed by atoms with Gasteiger partial charge in [0.05, 0.1) is 0 Å². The van der Waals surface area contributed by atoms with Gasteiger partial charge < -0.3 is 20.4 Å². The van der Waals surface area contributed by atoms with Crippen LogP contribution in [0.25, 0.3) is 0 Å². The predicted molar refractivity (Wildman–Crippen MR) is 88.3 cm³/mol. The molecule has 2 N–H and O–H groups in total. The quantitative estimate of drug-likeness (QED) is 0.852. The third-order valence-electron chi connectivity index (χ3n) is 4.52. The van der Waals surface area contributed by atoms with Crippen LogP contribution in [-0.4, -0.2) is 67.0 Å². The Kier molecular flexibility index (Phi) is 5.12. The zero-order valence-corrected chi connectivity index (χ0v) is 13.3. The number of carbonyl (C=O) groups is 2. The van der Waals surface area contributed by atoms with E-state index in [-0.39, 0.29) is 18.0 Å². The standard InChI is InChI=1S/C17H24N4O2/c22-16(14-4-2-1-3-5-14)19-15-6-10-20(11-7-15)17(23)21-12-8-18-9-13-21/h1-5,15,18H,6-13H2,(H,19,22). The van der Waals surface area contributed by atoms with Crippen LogP contribution in [0.3, 0.4) is 0 Å². The van der Waals surface area contributed by atoms with Crippen molar-refractivity contribution in [2.45, 2.75) is 18.9 Å². The Morgan fingerprint density at radius 2 is 1.57 bits per heavy atom. The highest BCUT2D eigenvalue weighted by Gasteiger charge is 2.27. The second-order valence-electron chi connectivity index (χ2n) is 6.12. The molecule has 3 rings (SSSR count). The molecular formula is C17H24N4O2. The molecule has 6 heteroatoms. The van der Waals surface area contributed by atoms with Crippen molar-refractivity contribution in [2.75, 3.05) is 39.3 Å². The van der Waals surface area contributed by atoms with Gasteiger partial charge in [-0.2, -0.15) is 0 Å². The predicted octanol–water partition coefficient (Wildman–Crippen LogP) is 0.906. The van der Waals surface area contributed by atoms with Gasteiger partial charge in [0.1, 0.15) is 0 Å². The van der Waals surface area contributed by atoms with Crippen molar-refractivity contribution in [1.29, 1.82) is 0 Å². The molecule has 2 saturated heterocycles. The summed E-state index contributed by atoms with van der Waals surface area (Å²) in [4.78, 5) is 28.4. The Morgan fingerprint density at radius 3 is 2.22 bits per heavy atom. The van der Waals surface area contributed by atoms with Crippen LogP contribution in [0.15, 0.2) is 30.3 Å². The van der Waals surface area contributed by atoms with Crippen molar-refractivity contribution >= 4 is 11.9 Å². The molecule has 0 atom stereocenters. The third kappa shape index (κ3) is 4.01. The van der Waals surface area contributed by atoms with Crippen LogP contribution in [0.2, 0.25) is 0 Å². The molecule has 0 radical (unpaired) electrons. The minimum atomic E-state index is -0.0301. The number of amides is 3. The van der Waals surface area contributed by atoms with Crippen LogP contribution in [0.5, 0.6) is 0 Å². The first-order valence-electron chi connectivity index (χ1n) is 8.34. The Morgan fingerprint density at radius 1 is 0.957 bits per heavy atom. The van der Waals surface area contributed by atoms with Gasteiger partial charge in [-0.25, -0.2) is 4.79 Å². The molecule has 0 unspecified atom stereocenters. The van der Waals surface area contributed by atoms with E-state index in [2.05, 4.69) is 10.6 Å². The smallest absolute Gasteiger partial charge is 0.320 e. The molecule has 2 aliphatic rings. The Balaban J connectivity index is 1.46. The minimum Gasteiger partial charge on any atom is -0.349 e. The van der Waals surface area contributed by atoms with Crippen molar-refractivity contribution in [2.24, 2.45) is 0 Å². The summed E-state index contributed by atoms with van der Waals surface area (Å²) in [7, 11) is 0. The zero-order valence-electron chi connectivity index (χ0n) is 13.3. The fourth-order valence-electron chi connectivity index (χ4n) is 3.13. The average molecular weight is 316 g/mol. The normalized spacial score (nSPS) is 19.5. The van der Waals surface area contributed by atoms with Crippen LogP contribution in [0, 0.1) is 0 Å².